The van der Waals surface area contributed by atoms with Crippen LogP contribution in [0.5, 0.6) is 0 Å². The van der Waals surface area contributed by atoms with Gasteiger partial charge in [-0.15, -0.1) is 10.2 Å². The van der Waals surface area contributed by atoms with Gasteiger partial charge in [0.05, 0.1) is 0 Å². The molecule has 7 heteroatoms. The maximum atomic E-state index is 12.4. The highest BCUT2D eigenvalue weighted by Crippen LogP contribution is 2.27. The molecule has 0 aliphatic carbocycles. The van der Waals surface area contributed by atoms with Crippen LogP contribution in [0.1, 0.15) is 43.7 Å². The Morgan fingerprint density at radius 1 is 1.27 bits per heavy atom. The average Bonchev–Trinajstić information content (AvgIpc) is 3.31. The van der Waals surface area contributed by atoms with Gasteiger partial charge in [0, 0.05) is 13.1 Å². The number of rotatable bonds is 5. The molecule has 2 aromatic rings. The number of carbonyl (C=O) groups excluding carboxylic acids is 1. The molecule has 3 rings (SSSR count). The molecule has 0 spiro atoms. The molecule has 1 amide bonds. The monoisotopic (exact) mass is 367 g/mol. The number of hydrogen-bond acceptors (Lipinski definition) is 6. The number of benzene rings is 1. The molecule has 2 heterocycles. The van der Waals surface area contributed by atoms with E-state index in [2.05, 4.69) is 34.3 Å². The van der Waals surface area contributed by atoms with Crippen LogP contribution < -0.4 is 10.2 Å². The Labute approximate surface area is 157 Å². The lowest BCUT2D eigenvalue weighted by molar-refractivity contribution is -0.112. The fraction of sp³-hybridized carbons (Fsp3) is 0.368. The lowest BCUT2D eigenvalue weighted by Crippen LogP contribution is -2.17. The minimum Gasteiger partial charge on any atom is -0.347 e. The van der Waals surface area contributed by atoms with E-state index in [-0.39, 0.29) is 5.57 Å². The van der Waals surface area contributed by atoms with Crippen LogP contribution in [0.4, 0.5) is 10.3 Å². The van der Waals surface area contributed by atoms with Gasteiger partial charge in [0.1, 0.15) is 11.6 Å². The SMILES string of the molecule is CC(C)c1ccc(/C=C(/C#N)C(=O)Nc2nnc(N3CCCC3)s2)cc1. The maximum absolute atomic E-state index is 12.4. The van der Waals surface area contributed by atoms with Crippen molar-refractivity contribution in [1.82, 2.24) is 10.2 Å². The molecular weight excluding hydrogens is 346 g/mol. The molecule has 26 heavy (non-hydrogen) atoms. The number of aromatic nitrogens is 2. The summed E-state index contributed by atoms with van der Waals surface area (Å²) in [6.07, 6.45) is 3.89. The Morgan fingerprint density at radius 3 is 2.58 bits per heavy atom. The van der Waals surface area contributed by atoms with Crippen molar-refractivity contribution in [3.05, 3.63) is 41.0 Å². The molecule has 0 unspecified atom stereocenters. The fourth-order valence-electron chi connectivity index (χ4n) is 2.76. The summed E-state index contributed by atoms with van der Waals surface area (Å²) in [5.74, 6) is -0.0291. The summed E-state index contributed by atoms with van der Waals surface area (Å²) in [5, 5.41) is 21.4. The Bertz CT molecular complexity index is 842. The molecule has 0 saturated carbocycles. The molecule has 1 aliphatic heterocycles. The smallest absolute Gasteiger partial charge is 0.268 e. The van der Waals surface area contributed by atoms with E-state index in [4.69, 9.17) is 0 Å². The van der Waals surface area contributed by atoms with Gasteiger partial charge in [0.2, 0.25) is 10.3 Å². The van der Waals surface area contributed by atoms with Crippen LogP contribution in [-0.4, -0.2) is 29.2 Å². The fourth-order valence-corrected chi connectivity index (χ4v) is 3.55. The lowest BCUT2D eigenvalue weighted by atomic mass is 10.0. The molecule has 0 atom stereocenters. The zero-order valence-corrected chi connectivity index (χ0v) is 15.7. The van der Waals surface area contributed by atoms with E-state index in [1.54, 1.807) is 6.08 Å². The highest BCUT2D eigenvalue weighted by atomic mass is 32.1. The molecule has 1 aliphatic rings. The number of nitrogens with one attached hydrogen (secondary N) is 1. The molecule has 1 saturated heterocycles. The average molecular weight is 367 g/mol. The quantitative estimate of drug-likeness (QED) is 0.642. The predicted molar refractivity (Wildman–Crippen MR) is 104 cm³/mol. The van der Waals surface area contributed by atoms with Gasteiger partial charge < -0.3 is 4.90 Å². The largest absolute Gasteiger partial charge is 0.347 e. The lowest BCUT2D eigenvalue weighted by Gasteiger charge is -2.10. The van der Waals surface area contributed by atoms with Crippen molar-refractivity contribution in [2.45, 2.75) is 32.6 Å². The summed E-state index contributed by atoms with van der Waals surface area (Å²) >= 11 is 1.33. The minimum atomic E-state index is -0.468. The zero-order valence-electron chi connectivity index (χ0n) is 14.9. The summed E-state index contributed by atoms with van der Waals surface area (Å²) < 4.78 is 0. The third kappa shape index (κ3) is 4.27. The van der Waals surface area contributed by atoms with Gasteiger partial charge in [0.15, 0.2) is 0 Å². The van der Waals surface area contributed by atoms with E-state index in [1.807, 2.05) is 30.3 Å². The molecule has 0 radical (unpaired) electrons. The van der Waals surface area contributed by atoms with Crippen molar-refractivity contribution in [2.75, 3.05) is 23.3 Å². The topological polar surface area (TPSA) is 81.9 Å². The van der Waals surface area contributed by atoms with Crippen molar-refractivity contribution in [3.63, 3.8) is 0 Å². The van der Waals surface area contributed by atoms with Crippen molar-refractivity contribution >= 4 is 33.6 Å². The van der Waals surface area contributed by atoms with E-state index >= 15 is 0 Å². The van der Waals surface area contributed by atoms with Crippen molar-refractivity contribution in [3.8, 4) is 6.07 Å². The second-order valence-corrected chi connectivity index (χ2v) is 7.49. The first kappa shape index (κ1) is 18.1. The van der Waals surface area contributed by atoms with Gasteiger partial charge in [-0.2, -0.15) is 5.26 Å². The van der Waals surface area contributed by atoms with Crippen LogP contribution in [0.3, 0.4) is 0 Å². The number of nitriles is 1. The van der Waals surface area contributed by atoms with Crippen LogP contribution in [0, 0.1) is 11.3 Å². The second-order valence-electron chi connectivity index (χ2n) is 6.53. The van der Waals surface area contributed by atoms with Gasteiger partial charge >= 0.3 is 0 Å². The van der Waals surface area contributed by atoms with Crippen LogP contribution in [0.25, 0.3) is 6.08 Å². The van der Waals surface area contributed by atoms with Crippen LogP contribution in [0.15, 0.2) is 29.8 Å². The molecule has 134 valence electrons. The van der Waals surface area contributed by atoms with E-state index in [9.17, 15) is 10.1 Å². The Balaban J connectivity index is 1.69. The Kier molecular flexibility index (Phi) is 5.64. The van der Waals surface area contributed by atoms with Crippen LogP contribution in [0.2, 0.25) is 0 Å². The van der Waals surface area contributed by atoms with Crippen LogP contribution in [-0.2, 0) is 4.79 Å². The predicted octanol–water partition coefficient (Wildman–Crippen LogP) is 3.81. The van der Waals surface area contributed by atoms with Gasteiger partial charge in [0.25, 0.3) is 5.91 Å². The van der Waals surface area contributed by atoms with Crippen molar-refractivity contribution in [1.29, 1.82) is 5.26 Å². The Hall–Kier alpha value is -2.72. The molecule has 0 bridgehead atoms. The molecule has 1 aromatic carbocycles. The van der Waals surface area contributed by atoms with Crippen LogP contribution >= 0.6 is 11.3 Å². The third-order valence-electron chi connectivity index (χ3n) is 4.29. The van der Waals surface area contributed by atoms with Gasteiger partial charge in [-0.05, 0) is 36.0 Å². The second kappa shape index (κ2) is 8.11. The van der Waals surface area contributed by atoms with E-state index in [0.29, 0.717) is 11.0 Å². The number of amides is 1. The molecular formula is C19H21N5OS. The number of nitrogens with zero attached hydrogens (tertiary/aromatic N) is 4. The first-order valence-electron chi connectivity index (χ1n) is 8.68. The van der Waals surface area contributed by atoms with E-state index in [1.165, 1.54) is 16.9 Å². The van der Waals surface area contributed by atoms with E-state index in [0.717, 1.165) is 36.6 Å². The van der Waals surface area contributed by atoms with Crippen molar-refractivity contribution < 1.29 is 4.79 Å². The molecule has 1 fully saturated rings. The highest BCUT2D eigenvalue weighted by molar-refractivity contribution is 7.19. The highest BCUT2D eigenvalue weighted by Gasteiger charge is 2.18. The first-order chi connectivity index (χ1) is 12.6. The number of hydrogen-bond donors (Lipinski definition) is 1. The Morgan fingerprint density at radius 2 is 1.96 bits per heavy atom. The molecule has 6 nitrogen and oxygen atoms in total. The minimum absolute atomic E-state index is 0.0419. The third-order valence-corrected chi connectivity index (χ3v) is 5.19. The van der Waals surface area contributed by atoms with Gasteiger partial charge in [-0.25, -0.2) is 0 Å². The maximum Gasteiger partial charge on any atom is 0.268 e. The summed E-state index contributed by atoms with van der Waals surface area (Å²) in [4.78, 5) is 14.5. The summed E-state index contributed by atoms with van der Waals surface area (Å²) in [7, 11) is 0. The summed E-state index contributed by atoms with van der Waals surface area (Å²) in [6, 6.07) is 9.81. The van der Waals surface area contributed by atoms with Gasteiger partial charge in [-0.3, -0.25) is 10.1 Å². The molecule has 1 N–H and O–H groups in total. The summed E-state index contributed by atoms with van der Waals surface area (Å²) in [6.45, 7) is 6.19. The molecule has 1 aromatic heterocycles. The van der Waals surface area contributed by atoms with Gasteiger partial charge in [-0.1, -0.05) is 49.4 Å². The van der Waals surface area contributed by atoms with Crippen molar-refractivity contribution in [2.24, 2.45) is 0 Å². The normalized spacial score (nSPS) is 14.5. The standard InChI is InChI=1S/C19H21N5OS/c1-13(2)15-7-5-14(6-8-15)11-16(12-20)17(25)21-18-22-23-19(26-18)24-9-3-4-10-24/h5-8,11,13H,3-4,9-10H2,1-2H3,(H,21,22,25)/b16-11-. The van der Waals surface area contributed by atoms with E-state index < -0.39 is 5.91 Å². The number of anilines is 2. The summed E-state index contributed by atoms with van der Waals surface area (Å²) in [5.41, 5.74) is 2.07. The first-order valence-corrected chi connectivity index (χ1v) is 9.50. The zero-order chi connectivity index (χ0) is 18.5. The number of carbonyl (C=O) groups is 1.